The summed E-state index contributed by atoms with van der Waals surface area (Å²) in [6.45, 7) is 10.4. The van der Waals surface area contributed by atoms with E-state index in [-0.39, 0.29) is 6.03 Å². The molecule has 0 aromatic carbocycles. The number of nitrogens with two attached hydrogens (primary N) is 1. The second-order valence-corrected chi connectivity index (χ2v) is 7.13. The number of rotatable bonds is 8. The zero-order chi connectivity index (χ0) is 15.0. The zero-order valence-corrected chi connectivity index (χ0v) is 13.8. The molecule has 2 amide bonds. The maximum Gasteiger partial charge on any atom is 0.515 e. The summed E-state index contributed by atoms with van der Waals surface area (Å²) in [6.07, 6.45) is 0.662. The fraction of sp³-hybridized carbons (Fsp3) is 0.917. The molecule has 0 aromatic heterocycles. The van der Waals surface area contributed by atoms with Crippen molar-refractivity contribution < 1.29 is 18.1 Å². The van der Waals surface area contributed by atoms with Crippen LogP contribution >= 0.6 is 0 Å². The maximum atomic E-state index is 11.1. The van der Waals surface area contributed by atoms with E-state index in [0.29, 0.717) is 39.1 Å². The fourth-order valence-electron chi connectivity index (χ4n) is 2.32. The molecule has 0 aliphatic carbocycles. The molecular formula is C12H27N3O4Si. The van der Waals surface area contributed by atoms with Crippen LogP contribution in [0.5, 0.6) is 0 Å². The van der Waals surface area contributed by atoms with Crippen molar-refractivity contribution in [3.05, 3.63) is 0 Å². The summed E-state index contributed by atoms with van der Waals surface area (Å²) in [5.74, 6) is 0. The molecule has 0 spiro atoms. The van der Waals surface area contributed by atoms with Gasteiger partial charge in [0, 0.05) is 46.0 Å². The van der Waals surface area contributed by atoms with Gasteiger partial charge in [-0.15, -0.1) is 0 Å². The second-order valence-electron chi connectivity index (χ2n) is 4.58. The van der Waals surface area contributed by atoms with E-state index < -0.39 is 8.80 Å². The third-order valence-electron chi connectivity index (χ3n) is 3.19. The first kappa shape index (κ1) is 17.4. The average molecular weight is 305 g/mol. The number of carbonyl (C=O) groups is 1. The Morgan fingerprint density at radius 2 is 1.45 bits per heavy atom. The maximum absolute atomic E-state index is 11.1. The molecule has 2 N–H and O–H groups in total. The second kappa shape index (κ2) is 8.58. The summed E-state index contributed by atoms with van der Waals surface area (Å²) in [6, 6.07) is -0.354. The molecular weight excluding hydrogens is 278 g/mol. The molecule has 1 aliphatic rings. The summed E-state index contributed by atoms with van der Waals surface area (Å²) >= 11 is 0. The lowest BCUT2D eigenvalue weighted by Crippen LogP contribution is -2.59. The molecule has 0 aromatic rings. The Labute approximate surface area is 122 Å². The van der Waals surface area contributed by atoms with Gasteiger partial charge in [-0.05, 0) is 20.8 Å². The van der Waals surface area contributed by atoms with Crippen molar-refractivity contribution in [3.63, 3.8) is 0 Å². The van der Waals surface area contributed by atoms with Crippen LogP contribution in [0.3, 0.4) is 0 Å². The highest BCUT2D eigenvalue weighted by molar-refractivity contribution is 6.60. The molecule has 0 unspecified atom stereocenters. The van der Waals surface area contributed by atoms with Crippen LogP contribution in [0.2, 0.25) is 0 Å². The Balaban J connectivity index is 2.58. The number of urea groups is 1. The lowest BCUT2D eigenvalue weighted by atomic mass is 10.3. The Bertz CT molecular complexity index is 281. The lowest BCUT2D eigenvalue weighted by Gasteiger charge is -2.38. The summed E-state index contributed by atoms with van der Waals surface area (Å²) in [7, 11) is -2.64. The highest BCUT2D eigenvalue weighted by atomic mass is 28.4. The van der Waals surface area contributed by atoms with Crippen LogP contribution in [0, 0.1) is 0 Å². The minimum atomic E-state index is -2.64. The summed E-state index contributed by atoms with van der Waals surface area (Å²) < 4.78 is 17.5. The van der Waals surface area contributed by atoms with Crippen LogP contribution in [-0.4, -0.2) is 76.8 Å². The molecule has 118 valence electrons. The topological polar surface area (TPSA) is 77.3 Å². The molecule has 0 atom stereocenters. The van der Waals surface area contributed by atoms with Crippen LogP contribution in [0.1, 0.15) is 20.8 Å². The monoisotopic (exact) mass is 305 g/mol. The van der Waals surface area contributed by atoms with Crippen LogP contribution in [-0.2, 0) is 13.3 Å². The van der Waals surface area contributed by atoms with Gasteiger partial charge in [0.25, 0.3) is 0 Å². The van der Waals surface area contributed by atoms with Gasteiger partial charge in [0.2, 0.25) is 0 Å². The average Bonchev–Trinajstić information content (AvgIpc) is 2.40. The van der Waals surface area contributed by atoms with E-state index in [0.717, 1.165) is 13.1 Å². The molecule has 1 rings (SSSR count). The Morgan fingerprint density at radius 3 is 1.80 bits per heavy atom. The van der Waals surface area contributed by atoms with E-state index in [1.807, 2.05) is 20.8 Å². The first-order valence-electron chi connectivity index (χ1n) is 7.25. The molecule has 0 saturated carbocycles. The third kappa shape index (κ3) is 5.02. The number of amides is 2. The van der Waals surface area contributed by atoms with Gasteiger partial charge in [-0.2, -0.15) is 0 Å². The predicted molar refractivity (Wildman–Crippen MR) is 78.2 cm³/mol. The van der Waals surface area contributed by atoms with Gasteiger partial charge in [-0.25, -0.2) is 4.79 Å². The molecule has 1 heterocycles. The molecule has 7 nitrogen and oxygen atoms in total. The van der Waals surface area contributed by atoms with Crippen LogP contribution in [0.4, 0.5) is 4.79 Å². The van der Waals surface area contributed by atoms with Crippen molar-refractivity contribution in [2.75, 3.05) is 52.2 Å². The zero-order valence-electron chi connectivity index (χ0n) is 12.8. The van der Waals surface area contributed by atoms with Crippen LogP contribution in [0.15, 0.2) is 0 Å². The number of piperazine rings is 1. The van der Waals surface area contributed by atoms with Crippen molar-refractivity contribution in [2.45, 2.75) is 20.8 Å². The van der Waals surface area contributed by atoms with Gasteiger partial charge in [0.15, 0.2) is 0 Å². The predicted octanol–water partition coefficient (Wildman–Crippen LogP) is 0.270. The summed E-state index contributed by atoms with van der Waals surface area (Å²) in [5.41, 5.74) is 5.29. The quantitative estimate of drug-likeness (QED) is 0.651. The van der Waals surface area contributed by atoms with E-state index in [4.69, 9.17) is 19.0 Å². The number of carbonyl (C=O) groups excluding carboxylic acids is 1. The van der Waals surface area contributed by atoms with Crippen molar-refractivity contribution in [1.82, 2.24) is 9.80 Å². The minimum absolute atomic E-state index is 0.354. The Hall–Kier alpha value is -0.673. The molecule has 1 saturated heterocycles. The SMILES string of the molecule is CCO[Si](CN1CCN(C(N)=O)CC1)(OCC)OCC. The van der Waals surface area contributed by atoms with Gasteiger partial charge < -0.3 is 23.9 Å². The van der Waals surface area contributed by atoms with Crippen molar-refractivity contribution >= 4 is 14.8 Å². The van der Waals surface area contributed by atoms with Crippen LogP contribution < -0.4 is 5.73 Å². The van der Waals surface area contributed by atoms with Crippen molar-refractivity contribution in [2.24, 2.45) is 5.73 Å². The van der Waals surface area contributed by atoms with Crippen LogP contribution in [0.25, 0.3) is 0 Å². The minimum Gasteiger partial charge on any atom is -0.373 e. The molecule has 8 heteroatoms. The summed E-state index contributed by atoms with van der Waals surface area (Å²) in [5, 5.41) is 0. The van der Waals surface area contributed by atoms with E-state index in [1.165, 1.54) is 0 Å². The van der Waals surface area contributed by atoms with Gasteiger partial charge in [-0.3, -0.25) is 4.90 Å². The van der Waals surface area contributed by atoms with E-state index in [1.54, 1.807) is 4.90 Å². The number of primary amides is 1. The first-order valence-corrected chi connectivity index (χ1v) is 9.18. The lowest BCUT2D eigenvalue weighted by molar-refractivity contribution is 0.0503. The number of nitrogens with zero attached hydrogens (tertiary/aromatic N) is 2. The number of hydrogen-bond acceptors (Lipinski definition) is 5. The third-order valence-corrected chi connectivity index (χ3v) is 6.21. The van der Waals surface area contributed by atoms with Crippen molar-refractivity contribution in [3.8, 4) is 0 Å². The molecule has 0 bridgehead atoms. The van der Waals surface area contributed by atoms with E-state index in [9.17, 15) is 4.79 Å². The Morgan fingerprint density at radius 1 is 1.00 bits per heavy atom. The Kier molecular flexibility index (Phi) is 7.45. The highest BCUT2D eigenvalue weighted by Gasteiger charge is 2.43. The van der Waals surface area contributed by atoms with Crippen molar-refractivity contribution in [1.29, 1.82) is 0 Å². The fourth-order valence-corrected chi connectivity index (χ4v) is 5.03. The molecule has 20 heavy (non-hydrogen) atoms. The standard InChI is InChI=1S/C12H27N3O4Si/c1-4-17-20(18-5-2,19-6-3)11-14-7-9-15(10-8-14)12(13)16/h4-11H2,1-3H3,(H2,13,16). The first-order chi connectivity index (χ1) is 9.56. The number of hydrogen-bond donors (Lipinski definition) is 1. The highest BCUT2D eigenvalue weighted by Crippen LogP contribution is 2.14. The normalized spacial score (nSPS) is 17.4. The van der Waals surface area contributed by atoms with E-state index in [2.05, 4.69) is 4.90 Å². The molecule has 0 radical (unpaired) electrons. The van der Waals surface area contributed by atoms with Gasteiger partial charge in [-0.1, -0.05) is 0 Å². The van der Waals surface area contributed by atoms with E-state index >= 15 is 0 Å². The smallest absolute Gasteiger partial charge is 0.373 e. The van der Waals surface area contributed by atoms with Gasteiger partial charge >= 0.3 is 14.8 Å². The molecule has 1 fully saturated rings. The largest absolute Gasteiger partial charge is 0.515 e. The summed E-state index contributed by atoms with van der Waals surface area (Å²) in [4.78, 5) is 15.0. The van der Waals surface area contributed by atoms with Gasteiger partial charge in [0.05, 0.1) is 6.17 Å². The van der Waals surface area contributed by atoms with Gasteiger partial charge in [0.1, 0.15) is 0 Å². The molecule has 1 aliphatic heterocycles.